The van der Waals surface area contributed by atoms with Crippen LogP contribution in [0.3, 0.4) is 0 Å². The third-order valence-corrected chi connectivity index (χ3v) is 13.5. The number of rotatable bonds is 8. The molecule has 2 saturated carbocycles. The van der Waals surface area contributed by atoms with Crippen molar-refractivity contribution in [2.24, 2.45) is 5.92 Å². The number of sulfonamides is 1. The van der Waals surface area contributed by atoms with E-state index in [1.54, 1.807) is 18.0 Å². The number of methoxy groups -OCH3 is 1. The van der Waals surface area contributed by atoms with Crippen LogP contribution in [-0.2, 0) is 19.6 Å². The molecule has 2 aromatic heterocycles. The van der Waals surface area contributed by atoms with Gasteiger partial charge in [0.15, 0.2) is 27.1 Å². The van der Waals surface area contributed by atoms with E-state index in [2.05, 4.69) is 30.9 Å². The van der Waals surface area contributed by atoms with Crippen molar-refractivity contribution in [2.75, 3.05) is 27.2 Å². The Morgan fingerprint density at radius 2 is 1.98 bits per heavy atom. The number of halogens is 1. The number of carbonyl (C=O) groups is 3. The zero-order valence-corrected chi connectivity index (χ0v) is 32.1. The highest BCUT2D eigenvalue weighted by Crippen LogP contribution is 2.47. The Bertz CT molecular complexity index is 2200. The molecular weight excluding hydrogens is 738 g/mol. The monoisotopic (exact) mass is 779 g/mol. The molecule has 0 spiro atoms. The number of allylic oxidation sites excluding steroid dienone is 1. The van der Waals surface area contributed by atoms with Crippen molar-refractivity contribution >= 4 is 50.1 Å². The fourth-order valence-corrected chi connectivity index (χ4v) is 9.34. The maximum Gasteiger partial charge on any atom is 0.319 e. The van der Waals surface area contributed by atoms with Crippen LogP contribution < -0.4 is 19.5 Å². The van der Waals surface area contributed by atoms with E-state index in [4.69, 9.17) is 15.9 Å². The lowest BCUT2D eigenvalue weighted by Gasteiger charge is -2.30. The number of amides is 4. The molecule has 3 fully saturated rings. The Kier molecular flexibility index (Phi) is 9.80. The molecule has 4 amide bonds. The number of carbonyl (C=O) groups excluding carboxylic acids is 3. The first-order valence-corrected chi connectivity index (χ1v) is 20.3. The second-order valence-electron chi connectivity index (χ2n) is 14.7. The number of nitrogens with one attached hydrogen (secondary N) is 2. The molecule has 1 aromatic carbocycles. The zero-order chi connectivity index (χ0) is 38.6. The number of benzene rings is 1. The minimum atomic E-state index is -4.22. The topological polar surface area (TPSA) is 173 Å². The molecule has 2 N–H and O–H groups in total. The summed E-state index contributed by atoms with van der Waals surface area (Å²) in [5, 5.41) is 5.40. The summed E-state index contributed by atoms with van der Waals surface area (Å²) in [6, 6.07) is 1.29. The van der Waals surface area contributed by atoms with Crippen molar-refractivity contribution in [1.29, 1.82) is 0 Å². The number of fused-ring (bicyclic) bond motifs is 3. The van der Waals surface area contributed by atoms with Crippen molar-refractivity contribution < 1.29 is 36.7 Å². The van der Waals surface area contributed by atoms with Gasteiger partial charge in [-0.3, -0.25) is 9.59 Å². The molecule has 286 valence electrons. The van der Waals surface area contributed by atoms with Crippen LogP contribution >= 0.6 is 11.3 Å². The van der Waals surface area contributed by atoms with Crippen LogP contribution in [-0.4, -0.2) is 101 Å². The minimum absolute atomic E-state index is 0.0212. The second kappa shape index (κ2) is 14.1. The van der Waals surface area contributed by atoms with Crippen LogP contribution in [0.4, 0.5) is 9.18 Å². The van der Waals surface area contributed by atoms with Gasteiger partial charge in [-0.05, 0) is 56.6 Å². The predicted molar refractivity (Wildman–Crippen MR) is 199 cm³/mol. The molecule has 2 aliphatic heterocycles. The lowest BCUT2D eigenvalue weighted by atomic mass is 10.1. The Morgan fingerprint density at radius 3 is 2.67 bits per heavy atom. The molecule has 4 heterocycles. The van der Waals surface area contributed by atoms with Crippen LogP contribution in [0.5, 0.6) is 11.6 Å². The van der Waals surface area contributed by atoms with Crippen LogP contribution in [0.2, 0.25) is 0 Å². The van der Waals surface area contributed by atoms with E-state index >= 15 is 4.39 Å². The number of hydrogen-bond donors (Lipinski definition) is 2. The summed E-state index contributed by atoms with van der Waals surface area (Å²) in [5.74, 6) is 0.191. The molecule has 0 radical (unpaired) electrons. The molecule has 14 nitrogen and oxygen atoms in total. The molecular formula is C37H42FN7O7S2. The van der Waals surface area contributed by atoms with Gasteiger partial charge in [-0.25, -0.2) is 32.3 Å². The SMILES string of the molecule is C#CC1(S(=O)(=O)NC(=O)[C@@]23C[C@H]2/C=C\CCCCN(C)C(=O)[C@@H]2C[C@H](Oc4nc(-c5nc(C(C)C)cs5)nc5c(F)c(OC)ccc45)CN2C(=O)N3)CC1. The van der Waals surface area contributed by atoms with E-state index in [9.17, 15) is 22.8 Å². The van der Waals surface area contributed by atoms with Gasteiger partial charge in [-0.15, -0.1) is 17.8 Å². The van der Waals surface area contributed by atoms with Gasteiger partial charge >= 0.3 is 6.03 Å². The summed E-state index contributed by atoms with van der Waals surface area (Å²) < 4.78 is 54.4. The van der Waals surface area contributed by atoms with Gasteiger partial charge in [0.2, 0.25) is 11.8 Å². The van der Waals surface area contributed by atoms with Crippen molar-refractivity contribution in [3.63, 3.8) is 0 Å². The first kappa shape index (κ1) is 37.5. The average molecular weight is 780 g/mol. The Balaban J connectivity index is 1.21. The minimum Gasteiger partial charge on any atom is -0.494 e. The standard InChI is InChI=1S/C37H42FN7O7S2/c1-6-36(14-15-36)54(49,50)43-34(47)37-18-22(37)11-9-7-8-10-16-44(4)33(46)26-17-23(19-45(26)35(48)42-37)52-31-24-12-13-27(51-5)28(38)29(24)40-30(41-31)32-39-25(20-53-32)21(2)3/h1,9,11-13,20-23,26H,7-8,10,14-19H2,2-5H3,(H,42,48)(H,43,47)/b11-9-/t22-,23+,26+,37-/m1/s1. The third kappa shape index (κ3) is 6.74. The molecule has 4 aliphatic rings. The maximum atomic E-state index is 15.7. The van der Waals surface area contributed by atoms with Crippen molar-refractivity contribution in [1.82, 2.24) is 34.8 Å². The van der Waals surface area contributed by atoms with E-state index in [0.717, 1.165) is 12.1 Å². The van der Waals surface area contributed by atoms with Crippen LogP contribution in [0, 0.1) is 24.1 Å². The molecule has 2 aliphatic carbocycles. The second-order valence-corrected chi connectivity index (χ2v) is 17.5. The van der Waals surface area contributed by atoms with Crippen LogP contribution in [0.1, 0.15) is 70.4 Å². The number of nitrogens with zero attached hydrogens (tertiary/aromatic N) is 5. The number of ether oxygens (including phenoxy) is 2. The largest absolute Gasteiger partial charge is 0.494 e. The number of terminal acetylenes is 1. The van der Waals surface area contributed by atoms with Crippen LogP contribution in [0.15, 0.2) is 29.7 Å². The molecule has 0 unspecified atom stereocenters. The fraction of sp³-hybridized carbons (Fsp3) is 0.514. The molecule has 17 heteroatoms. The number of thiazole rings is 1. The van der Waals surface area contributed by atoms with Crippen molar-refractivity contribution in [3.8, 4) is 34.8 Å². The summed E-state index contributed by atoms with van der Waals surface area (Å²) in [4.78, 5) is 58.7. The quantitative estimate of drug-likeness (QED) is 0.250. The van der Waals surface area contributed by atoms with E-state index in [1.807, 2.05) is 31.4 Å². The lowest BCUT2D eigenvalue weighted by molar-refractivity contribution is -0.134. The smallest absolute Gasteiger partial charge is 0.319 e. The van der Waals surface area contributed by atoms with Gasteiger partial charge in [0.25, 0.3) is 15.9 Å². The highest BCUT2D eigenvalue weighted by molar-refractivity contribution is 7.92. The molecule has 7 rings (SSSR count). The highest BCUT2D eigenvalue weighted by atomic mass is 32.2. The molecule has 4 atom stereocenters. The lowest BCUT2D eigenvalue weighted by Crippen LogP contribution is -2.58. The normalized spacial score (nSPS) is 25.9. The van der Waals surface area contributed by atoms with E-state index in [0.29, 0.717) is 24.4 Å². The number of hydrogen-bond acceptors (Lipinski definition) is 11. The number of urea groups is 1. The predicted octanol–water partition coefficient (Wildman–Crippen LogP) is 4.12. The first-order chi connectivity index (χ1) is 25.7. The maximum absolute atomic E-state index is 15.7. The number of likely N-dealkylation sites (N-methyl/N-ethyl adjacent to an activating group) is 1. The molecule has 0 bridgehead atoms. The average Bonchev–Trinajstić information content (AvgIpc) is 3.97. The number of aromatic nitrogens is 3. The van der Waals surface area contributed by atoms with Gasteiger partial charge in [-0.1, -0.05) is 31.9 Å². The zero-order valence-electron chi connectivity index (χ0n) is 30.4. The molecule has 54 heavy (non-hydrogen) atoms. The van der Waals surface area contributed by atoms with Crippen LogP contribution in [0.25, 0.3) is 21.7 Å². The molecule has 3 aromatic rings. The Hall–Kier alpha value is -4.82. The summed E-state index contributed by atoms with van der Waals surface area (Å²) in [6.07, 6.45) is 11.3. The summed E-state index contributed by atoms with van der Waals surface area (Å²) in [7, 11) is -1.20. The summed E-state index contributed by atoms with van der Waals surface area (Å²) >= 11 is 1.31. The van der Waals surface area contributed by atoms with Crippen molar-refractivity contribution in [2.45, 2.75) is 87.1 Å². The van der Waals surface area contributed by atoms with Gasteiger partial charge in [-0.2, -0.15) is 4.98 Å². The first-order valence-electron chi connectivity index (χ1n) is 17.9. The summed E-state index contributed by atoms with van der Waals surface area (Å²) in [6.45, 7) is 4.37. The van der Waals surface area contributed by atoms with E-state index < -0.39 is 56.1 Å². The fourth-order valence-electron chi connectivity index (χ4n) is 7.01. The Labute approximate surface area is 317 Å². The van der Waals surface area contributed by atoms with E-state index in [-0.39, 0.29) is 72.4 Å². The summed E-state index contributed by atoms with van der Waals surface area (Å²) in [5.41, 5.74) is -0.800. The van der Waals surface area contributed by atoms with Gasteiger partial charge in [0.1, 0.15) is 23.2 Å². The van der Waals surface area contributed by atoms with Gasteiger partial charge in [0.05, 0.1) is 24.7 Å². The van der Waals surface area contributed by atoms with E-state index in [1.165, 1.54) is 29.4 Å². The Morgan fingerprint density at radius 1 is 1.20 bits per heavy atom. The highest BCUT2D eigenvalue weighted by Gasteiger charge is 2.63. The van der Waals surface area contributed by atoms with Gasteiger partial charge < -0.3 is 24.6 Å². The molecule has 1 saturated heterocycles. The van der Waals surface area contributed by atoms with Crippen molar-refractivity contribution in [3.05, 3.63) is 41.2 Å². The third-order valence-electron chi connectivity index (χ3n) is 10.7. The van der Waals surface area contributed by atoms with Gasteiger partial charge in [0, 0.05) is 31.3 Å².